The van der Waals surface area contributed by atoms with Crippen LogP contribution in [0.2, 0.25) is 0 Å². The van der Waals surface area contributed by atoms with Crippen LogP contribution < -0.4 is 5.32 Å². The summed E-state index contributed by atoms with van der Waals surface area (Å²) in [4.78, 5) is 24.5. The van der Waals surface area contributed by atoms with Crippen LogP contribution in [0.15, 0.2) is 29.4 Å². The standard InChI is InChI=1S/C22H31N5O2.HI/c1-16-5-3-6-18-17(15-25-20(16)18)8-9-24-22(23-2)27-12-10-26(11-13-27)21(28)19-7-4-14-29-19;/h3,5-6,15,19,25H,4,7-14H2,1-2H3,(H,23,24);1H. The van der Waals surface area contributed by atoms with Crippen LogP contribution in [0.3, 0.4) is 0 Å². The minimum absolute atomic E-state index is 0. The molecule has 1 aromatic carbocycles. The van der Waals surface area contributed by atoms with Gasteiger partial charge in [-0.3, -0.25) is 9.79 Å². The highest BCUT2D eigenvalue weighted by atomic mass is 127. The average molecular weight is 525 g/mol. The summed E-state index contributed by atoms with van der Waals surface area (Å²) in [5.74, 6) is 1.06. The quantitative estimate of drug-likeness (QED) is 0.366. The van der Waals surface area contributed by atoms with Gasteiger partial charge in [0.2, 0.25) is 0 Å². The number of H-pyrrole nitrogens is 1. The fourth-order valence-electron chi connectivity index (χ4n) is 4.33. The summed E-state index contributed by atoms with van der Waals surface area (Å²) in [7, 11) is 1.82. The number of halogens is 1. The number of carbonyl (C=O) groups is 1. The van der Waals surface area contributed by atoms with Crippen molar-refractivity contribution in [3.05, 3.63) is 35.5 Å². The second-order valence-electron chi connectivity index (χ2n) is 7.85. The number of nitrogens with one attached hydrogen (secondary N) is 2. The van der Waals surface area contributed by atoms with Crippen molar-refractivity contribution in [3.8, 4) is 0 Å². The number of amides is 1. The van der Waals surface area contributed by atoms with E-state index >= 15 is 0 Å². The van der Waals surface area contributed by atoms with E-state index in [4.69, 9.17) is 4.74 Å². The number of nitrogens with zero attached hydrogens (tertiary/aromatic N) is 3. The molecule has 3 heterocycles. The highest BCUT2D eigenvalue weighted by Gasteiger charge is 2.30. The minimum Gasteiger partial charge on any atom is -0.368 e. The van der Waals surface area contributed by atoms with Gasteiger partial charge in [-0.1, -0.05) is 18.2 Å². The Labute approximate surface area is 195 Å². The molecule has 30 heavy (non-hydrogen) atoms. The molecule has 1 atom stereocenters. The summed E-state index contributed by atoms with van der Waals surface area (Å²) < 4.78 is 5.55. The highest BCUT2D eigenvalue weighted by Crippen LogP contribution is 2.21. The largest absolute Gasteiger partial charge is 0.368 e. The smallest absolute Gasteiger partial charge is 0.251 e. The third kappa shape index (κ3) is 4.91. The topological polar surface area (TPSA) is 73.0 Å². The summed E-state index contributed by atoms with van der Waals surface area (Å²) in [6.45, 7) is 6.70. The van der Waals surface area contributed by atoms with Crippen LogP contribution in [0, 0.1) is 6.92 Å². The number of hydrogen-bond acceptors (Lipinski definition) is 3. The lowest BCUT2D eigenvalue weighted by Crippen LogP contribution is -2.55. The number of piperazine rings is 1. The van der Waals surface area contributed by atoms with Crippen molar-refractivity contribution in [2.75, 3.05) is 46.4 Å². The first-order valence-electron chi connectivity index (χ1n) is 10.6. The zero-order chi connectivity index (χ0) is 20.2. The molecule has 164 valence electrons. The van der Waals surface area contributed by atoms with Gasteiger partial charge in [0.25, 0.3) is 5.91 Å². The van der Waals surface area contributed by atoms with Gasteiger partial charge >= 0.3 is 0 Å². The first kappa shape index (κ1) is 22.9. The molecule has 0 radical (unpaired) electrons. The number of benzene rings is 1. The molecule has 2 aliphatic rings. The van der Waals surface area contributed by atoms with E-state index in [9.17, 15) is 4.79 Å². The molecule has 2 aromatic rings. The Morgan fingerprint density at radius 1 is 1.27 bits per heavy atom. The molecule has 8 heteroatoms. The fourth-order valence-corrected chi connectivity index (χ4v) is 4.33. The molecule has 2 N–H and O–H groups in total. The predicted molar refractivity (Wildman–Crippen MR) is 131 cm³/mol. The predicted octanol–water partition coefficient (Wildman–Crippen LogP) is 2.54. The number of rotatable bonds is 4. The van der Waals surface area contributed by atoms with Crippen molar-refractivity contribution in [2.24, 2.45) is 4.99 Å². The van der Waals surface area contributed by atoms with Gasteiger partial charge in [-0.05, 0) is 37.3 Å². The number of aryl methyl sites for hydroxylation is 1. The lowest BCUT2D eigenvalue weighted by atomic mass is 10.1. The second kappa shape index (κ2) is 10.5. The molecule has 2 aliphatic heterocycles. The normalized spacial score (nSPS) is 19.8. The molecule has 1 unspecified atom stereocenters. The molecule has 4 rings (SSSR count). The van der Waals surface area contributed by atoms with Gasteiger partial charge < -0.3 is 24.8 Å². The van der Waals surface area contributed by atoms with Crippen LogP contribution in [0.4, 0.5) is 0 Å². The van der Waals surface area contributed by atoms with E-state index in [0.717, 1.165) is 57.9 Å². The summed E-state index contributed by atoms with van der Waals surface area (Å²) in [6.07, 6.45) is 4.66. The van der Waals surface area contributed by atoms with E-state index in [1.54, 1.807) is 0 Å². The van der Waals surface area contributed by atoms with Crippen molar-refractivity contribution < 1.29 is 9.53 Å². The molecule has 7 nitrogen and oxygen atoms in total. The lowest BCUT2D eigenvalue weighted by Gasteiger charge is -2.37. The summed E-state index contributed by atoms with van der Waals surface area (Å²) in [5, 5.41) is 4.78. The first-order valence-corrected chi connectivity index (χ1v) is 10.6. The number of fused-ring (bicyclic) bond motifs is 1. The van der Waals surface area contributed by atoms with Crippen LogP contribution in [0.1, 0.15) is 24.0 Å². The third-order valence-corrected chi connectivity index (χ3v) is 5.99. The maximum atomic E-state index is 12.5. The molecular weight excluding hydrogens is 493 g/mol. The van der Waals surface area contributed by atoms with Crippen LogP contribution in [-0.4, -0.2) is 79.1 Å². The lowest BCUT2D eigenvalue weighted by molar-refractivity contribution is -0.142. The third-order valence-electron chi connectivity index (χ3n) is 5.99. The number of hydrogen-bond donors (Lipinski definition) is 2. The molecule has 1 amide bonds. The number of aliphatic imine (C=N–C) groups is 1. The Morgan fingerprint density at radius 3 is 2.73 bits per heavy atom. The van der Waals surface area contributed by atoms with E-state index in [1.165, 1.54) is 22.0 Å². The Balaban J connectivity index is 0.00000256. The molecule has 0 saturated carbocycles. The van der Waals surface area contributed by atoms with Gasteiger partial charge in [0.05, 0.1) is 0 Å². The van der Waals surface area contributed by atoms with E-state index in [0.29, 0.717) is 6.61 Å². The van der Waals surface area contributed by atoms with E-state index in [2.05, 4.69) is 51.5 Å². The molecule has 2 saturated heterocycles. The number of guanidine groups is 1. The molecule has 0 aliphatic carbocycles. The van der Waals surface area contributed by atoms with E-state index < -0.39 is 0 Å². The van der Waals surface area contributed by atoms with Crippen LogP contribution in [0.5, 0.6) is 0 Å². The first-order chi connectivity index (χ1) is 14.2. The van der Waals surface area contributed by atoms with Gasteiger partial charge in [-0.15, -0.1) is 24.0 Å². The average Bonchev–Trinajstić information content (AvgIpc) is 3.42. The molecule has 2 fully saturated rings. The zero-order valence-corrected chi connectivity index (χ0v) is 20.1. The Hall–Kier alpha value is -1.81. The molecule has 0 bridgehead atoms. The van der Waals surface area contributed by atoms with Gasteiger partial charge in [0, 0.05) is 63.5 Å². The van der Waals surface area contributed by atoms with Crippen LogP contribution in [0.25, 0.3) is 10.9 Å². The Bertz CT molecular complexity index is 883. The number of aromatic nitrogens is 1. The van der Waals surface area contributed by atoms with Gasteiger partial charge in [-0.25, -0.2) is 0 Å². The van der Waals surface area contributed by atoms with Crippen LogP contribution in [-0.2, 0) is 16.0 Å². The van der Waals surface area contributed by atoms with E-state index in [1.807, 2.05) is 11.9 Å². The summed E-state index contributed by atoms with van der Waals surface area (Å²) in [5.41, 5.74) is 3.81. The summed E-state index contributed by atoms with van der Waals surface area (Å²) >= 11 is 0. The van der Waals surface area contributed by atoms with Crippen molar-refractivity contribution in [1.29, 1.82) is 0 Å². The number of ether oxygens (including phenoxy) is 1. The number of carbonyl (C=O) groups excluding carboxylic acids is 1. The SMILES string of the molecule is CN=C(NCCc1c[nH]c2c(C)cccc12)N1CCN(C(=O)C2CCCO2)CC1.I. The van der Waals surface area contributed by atoms with Crippen molar-refractivity contribution >= 4 is 46.7 Å². The maximum Gasteiger partial charge on any atom is 0.251 e. The van der Waals surface area contributed by atoms with E-state index in [-0.39, 0.29) is 36.0 Å². The second-order valence-corrected chi connectivity index (χ2v) is 7.85. The highest BCUT2D eigenvalue weighted by molar-refractivity contribution is 14.0. The Kier molecular flexibility index (Phi) is 7.99. The number of para-hydroxylation sites is 1. The Morgan fingerprint density at radius 2 is 2.03 bits per heavy atom. The van der Waals surface area contributed by atoms with Crippen molar-refractivity contribution in [3.63, 3.8) is 0 Å². The van der Waals surface area contributed by atoms with Crippen molar-refractivity contribution in [1.82, 2.24) is 20.1 Å². The van der Waals surface area contributed by atoms with Gasteiger partial charge in [0.15, 0.2) is 5.96 Å². The van der Waals surface area contributed by atoms with Crippen LogP contribution >= 0.6 is 24.0 Å². The fraction of sp³-hybridized carbons (Fsp3) is 0.545. The molecule has 1 aromatic heterocycles. The zero-order valence-electron chi connectivity index (χ0n) is 17.8. The monoisotopic (exact) mass is 525 g/mol. The number of aromatic amines is 1. The minimum atomic E-state index is -0.223. The molecule has 0 spiro atoms. The maximum absolute atomic E-state index is 12.5. The summed E-state index contributed by atoms with van der Waals surface area (Å²) in [6, 6.07) is 6.41. The molecular formula is C22H32IN5O2. The van der Waals surface area contributed by atoms with Gasteiger partial charge in [0.1, 0.15) is 6.10 Å². The van der Waals surface area contributed by atoms with Crippen molar-refractivity contribution in [2.45, 2.75) is 32.3 Å². The van der Waals surface area contributed by atoms with Gasteiger partial charge in [-0.2, -0.15) is 0 Å².